The van der Waals surface area contributed by atoms with Crippen LogP contribution in [0.1, 0.15) is 31.5 Å². The second kappa shape index (κ2) is 7.71. The Hall–Kier alpha value is -3.81. The lowest BCUT2D eigenvalue weighted by atomic mass is 10.1. The molecule has 32 heavy (non-hydrogen) atoms. The number of hydrogen-bond acceptors (Lipinski definition) is 5. The maximum atomic E-state index is 13.3. The highest BCUT2D eigenvalue weighted by Crippen LogP contribution is 2.33. The van der Waals surface area contributed by atoms with E-state index in [1.165, 1.54) is 4.68 Å². The van der Waals surface area contributed by atoms with Crippen LogP contribution in [0.15, 0.2) is 53.5 Å². The first-order valence-electron chi connectivity index (χ1n) is 10.6. The Bertz CT molecular complexity index is 1400. The van der Waals surface area contributed by atoms with Gasteiger partial charge in [-0.2, -0.15) is 5.10 Å². The lowest BCUT2D eigenvalue weighted by Crippen LogP contribution is -2.34. The smallest absolute Gasteiger partial charge is 0.291 e. The van der Waals surface area contributed by atoms with Gasteiger partial charge in [0.15, 0.2) is 11.5 Å². The third-order valence-electron chi connectivity index (χ3n) is 6.00. The molecule has 0 fully saturated rings. The molecule has 164 valence electrons. The molecule has 1 aliphatic rings. The van der Waals surface area contributed by atoms with Crippen molar-refractivity contribution in [3.63, 3.8) is 0 Å². The predicted octanol–water partition coefficient (Wildman–Crippen LogP) is 3.10. The maximum Gasteiger partial charge on any atom is 0.291 e. The number of para-hydroxylation sites is 1. The Balaban J connectivity index is 1.50. The highest BCUT2D eigenvalue weighted by Gasteiger charge is 2.25. The number of hydrogen-bond donors (Lipinski definition) is 1. The summed E-state index contributed by atoms with van der Waals surface area (Å²) in [5, 5.41) is 8.87. The van der Waals surface area contributed by atoms with E-state index in [0.29, 0.717) is 30.2 Å². The summed E-state index contributed by atoms with van der Waals surface area (Å²) in [6, 6.07) is 12.5. The van der Waals surface area contributed by atoms with Crippen molar-refractivity contribution in [2.24, 2.45) is 7.05 Å². The molecular weight excluding hydrogens is 408 g/mol. The first-order chi connectivity index (χ1) is 15.5. The van der Waals surface area contributed by atoms with E-state index in [0.717, 1.165) is 21.9 Å². The van der Waals surface area contributed by atoms with Gasteiger partial charge in [-0.3, -0.25) is 9.59 Å². The molecule has 1 N–H and O–H groups in total. The van der Waals surface area contributed by atoms with Gasteiger partial charge >= 0.3 is 0 Å². The number of nitrogens with one attached hydrogen (secondary N) is 1. The molecule has 8 nitrogen and oxygen atoms in total. The molecule has 0 bridgehead atoms. The van der Waals surface area contributed by atoms with Gasteiger partial charge in [-0.1, -0.05) is 24.3 Å². The highest BCUT2D eigenvalue weighted by atomic mass is 16.6. The van der Waals surface area contributed by atoms with Gasteiger partial charge in [0.2, 0.25) is 5.91 Å². The van der Waals surface area contributed by atoms with Gasteiger partial charge in [-0.25, -0.2) is 4.68 Å². The van der Waals surface area contributed by atoms with Gasteiger partial charge in [-0.05, 0) is 37.6 Å². The molecule has 2 atom stereocenters. The van der Waals surface area contributed by atoms with Gasteiger partial charge in [-0.15, -0.1) is 0 Å². The van der Waals surface area contributed by atoms with Crippen LogP contribution in [0.2, 0.25) is 0 Å². The predicted molar refractivity (Wildman–Crippen MR) is 121 cm³/mol. The van der Waals surface area contributed by atoms with E-state index in [9.17, 15) is 9.59 Å². The Morgan fingerprint density at radius 2 is 1.81 bits per heavy atom. The van der Waals surface area contributed by atoms with Crippen molar-refractivity contribution in [1.82, 2.24) is 19.7 Å². The van der Waals surface area contributed by atoms with Crippen LogP contribution in [0, 0.1) is 0 Å². The maximum absolute atomic E-state index is 13.3. The number of aryl methyl sites for hydroxylation is 1. The summed E-state index contributed by atoms with van der Waals surface area (Å²) in [6.07, 6.45) is 1.68. The summed E-state index contributed by atoms with van der Waals surface area (Å²) in [4.78, 5) is 26.2. The number of carbonyl (C=O) groups excluding carboxylic acids is 1. The Morgan fingerprint density at radius 1 is 1.06 bits per heavy atom. The van der Waals surface area contributed by atoms with Crippen LogP contribution in [0.25, 0.3) is 21.8 Å². The molecule has 0 saturated carbocycles. The van der Waals surface area contributed by atoms with E-state index in [-0.39, 0.29) is 17.5 Å². The number of aromatic nitrogens is 3. The molecular formula is C24H24N4O4. The van der Waals surface area contributed by atoms with Crippen LogP contribution in [0.3, 0.4) is 0 Å². The minimum atomic E-state index is -0.604. The zero-order valence-corrected chi connectivity index (χ0v) is 18.2. The molecule has 2 aromatic carbocycles. The average Bonchev–Trinajstić information content (AvgIpc) is 3.15. The van der Waals surface area contributed by atoms with Crippen molar-refractivity contribution >= 4 is 27.7 Å². The van der Waals surface area contributed by atoms with Crippen molar-refractivity contribution in [3.05, 3.63) is 64.6 Å². The van der Waals surface area contributed by atoms with E-state index >= 15 is 0 Å². The van der Waals surface area contributed by atoms with E-state index in [4.69, 9.17) is 9.47 Å². The molecule has 3 heterocycles. The molecule has 2 aromatic heterocycles. The first kappa shape index (κ1) is 20.1. The van der Waals surface area contributed by atoms with Crippen molar-refractivity contribution in [1.29, 1.82) is 0 Å². The number of rotatable bonds is 4. The van der Waals surface area contributed by atoms with Crippen LogP contribution >= 0.6 is 0 Å². The highest BCUT2D eigenvalue weighted by molar-refractivity contribution is 6.08. The molecule has 0 saturated heterocycles. The van der Waals surface area contributed by atoms with Crippen LogP contribution in [-0.4, -0.2) is 33.5 Å². The van der Waals surface area contributed by atoms with Gasteiger partial charge < -0.3 is 19.4 Å². The van der Waals surface area contributed by atoms with Crippen molar-refractivity contribution in [2.75, 3.05) is 13.2 Å². The lowest BCUT2D eigenvalue weighted by Gasteiger charge is -2.23. The molecule has 0 aliphatic carbocycles. The van der Waals surface area contributed by atoms with E-state index < -0.39 is 6.04 Å². The molecule has 4 aromatic rings. The van der Waals surface area contributed by atoms with Crippen molar-refractivity contribution < 1.29 is 14.3 Å². The monoisotopic (exact) mass is 432 g/mol. The summed E-state index contributed by atoms with van der Waals surface area (Å²) in [7, 11) is 1.61. The molecule has 1 aliphatic heterocycles. The Kier molecular flexibility index (Phi) is 4.84. The van der Waals surface area contributed by atoms with Crippen LogP contribution in [0.4, 0.5) is 0 Å². The summed E-state index contributed by atoms with van der Waals surface area (Å²) in [5.74, 6) is 1.21. The van der Waals surface area contributed by atoms with Crippen LogP contribution < -0.4 is 20.3 Å². The second-order valence-electron chi connectivity index (χ2n) is 8.03. The topological polar surface area (TPSA) is 87.4 Å². The number of benzene rings is 2. The Labute approximate surface area is 184 Å². The third kappa shape index (κ3) is 3.19. The van der Waals surface area contributed by atoms with E-state index in [1.807, 2.05) is 49.4 Å². The molecule has 8 heteroatoms. The molecule has 0 radical (unpaired) electrons. The average molecular weight is 432 g/mol. The zero-order chi connectivity index (χ0) is 22.4. The zero-order valence-electron chi connectivity index (χ0n) is 18.2. The van der Waals surface area contributed by atoms with Gasteiger partial charge in [0.25, 0.3) is 5.56 Å². The van der Waals surface area contributed by atoms with Gasteiger partial charge in [0.1, 0.15) is 24.8 Å². The first-order valence-corrected chi connectivity index (χ1v) is 10.6. The third-order valence-corrected chi connectivity index (χ3v) is 6.00. The minimum Gasteiger partial charge on any atom is -0.486 e. The van der Waals surface area contributed by atoms with Crippen molar-refractivity contribution in [2.45, 2.75) is 25.9 Å². The van der Waals surface area contributed by atoms with E-state index in [2.05, 4.69) is 10.4 Å². The van der Waals surface area contributed by atoms with Gasteiger partial charge in [0, 0.05) is 17.8 Å². The second-order valence-corrected chi connectivity index (χ2v) is 8.03. The van der Waals surface area contributed by atoms with E-state index in [1.54, 1.807) is 24.7 Å². The summed E-state index contributed by atoms with van der Waals surface area (Å²) >= 11 is 0. The molecule has 0 unspecified atom stereocenters. The minimum absolute atomic E-state index is 0.186. The SMILES string of the molecule is C[C@H](NC(=O)[C@H](C)n1c2ccccc2c2cnn(C)c(=O)c21)c1ccc2c(c1)OCCO2. The normalized spacial score (nSPS) is 15.0. The van der Waals surface area contributed by atoms with Crippen LogP contribution in [0.5, 0.6) is 11.5 Å². The fourth-order valence-electron chi connectivity index (χ4n) is 4.25. The van der Waals surface area contributed by atoms with Crippen LogP contribution in [-0.2, 0) is 11.8 Å². The quantitative estimate of drug-likeness (QED) is 0.536. The number of carbonyl (C=O) groups is 1. The number of amides is 1. The van der Waals surface area contributed by atoms with Gasteiger partial charge in [0.05, 0.1) is 17.8 Å². The molecule has 0 spiro atoms. The summed E-state index contributed by atoms with van der Waals surface area (Å²) in [5.41, 5.74) is 1.97. The molecule has 5 rings (SSSR count). The Morgan fingerprint density at radius 3 is 2.62 bits per heavy atom. The number of nitrogens with zero attached hydrogens (tertiary/aromatic N) is 3. The lowest BCUT2D eigenvalue weighted by molar-refractivity contribution is -0.124. The standard InChI is InChI=1S/C24H24N4O4/c1-14(16-8-9-20-21(12-16)32-11-10-31-20)26-23(29)15(2)28-19-7-5-4-6-17(19)18-13-25-27(3)24(30)22(18)28/h4-9,12-15H,10-11H2,1-3H3,(H,26,29)/t14-,15-/m0/s1. The summed E-state index contributed by atoms with van der Waals surface area (Å²) in [6.45, 7) is 4.76. The largest absolute Gasteiger partial charge is 0.486 e. The molecule has 1 amide bonds. The summed E-state index contributed by atoms with van der Waals surface area (Å²) < 4.78 is 14.3. The van der Waals surface area contributed by atoms with Crippen molar-refractivity contribution in [3.8, 4) is 11.5 Å². The number of ether oxygens (including phenoxy) is 2. The number of fused-ring (bicyclic) bond motifs is 4. The fourth-order valence-corrected chi connectivity index (χ4v) is 4.25. The fraction of sp³-hybridized carbons (Fsp3) is 0.292.